The molecule has 1 aromatic carbocycles. The number of carbonyl (C=O) groups excluding carboxylic acids is 1. The number of H-pyrrole nitrogens is 1. The van der Waals surface area contributed by atoms with Crippen LogP contribution >= 0.6 is 0 Å². The molecule has 0 radical (unpaired) electrons. The molecule has 1 amide bonds. The number of fused-ring (bicyclic) bond motifs is 1. The van der Waals surface area contributed by atoms with E-state index in [-0.39, 0.29) is 6.09 Å². The van der Waals surface area contributed by atoms with Crippen LogP contribution in [-0.2, 0) is 11.3 Å². The molecule has 0 atom stereocenters. The highest BCUT2D eigenvalue weighted by Gasteiger charge is 2.24. The first kappa shape index (κ1) is 24.5. The second kappa shape index (κ2) is 10.1. The van der Waals surface area contributed by atoms with Gasteiger partial charge in [-0.05, 0) is 57.0 Å². The molecule has 3 aromatic rings. The molecule has 2 aliphatic rings. The number of nitrogens with one attached hydrogen (secondary N) is 1. The Bertz CT molecular complexity index is 1250. The van der Waals surface area contributed by atoms with Gasteiger partial charge in [0.15, 0.2) is 0 Å². The van der Waals surface area contributed by atoms with Crippen LogP contribution in [0.2, 0.25) is 0 Å². The molecule has 7 heteroatoms. The summed E-state index contributed by atoms with van der Waals surface area (Å²) in [5, 5.41) is 1.12. The van der Waals surface area contributed by atoms with Gasteiger partial charge >= 0.3 is 6.09 Å². The van der Waals surface area contributed by atoms with Crippen molar-refractivity contribution in [3.05, 3.63) is 59.9 Å². The summed E-state index contributed by atoms with van der Waals surface area (Å²) in [5.41, 5.74) is 6.44. The molecule has 0 unspecified atom stereocenters. The van der Waals surface area contributed by atoms with Crippen molar-refractivity contribution in [3.63, 3.8) is 0 Å². The molecule has 2 aromatic heterocycles. The molecule has 7 nitrogen and oxygen atoms in total. The number of likely N-dealkylation sites (N-methyl/N-ethyl adjacent to an activating group) is 1. The lowest BCUT2D eigenvalue weighted by atomic mass is 9.98. The van der Waals surface area contributed by atoms with E-state index in [0.29, 0.717) is 13.1 Å². The zero-order chi connectivity index (χ0) is 25.3. The Kier molecular flexibility index (Phi) is 6.86. The van der Waals surface area contributed by atoms with Crippen LogP contribution in [0, 0.1) is 0 Å². The smallest absolute Gasteiger partial charge is 0.410 e. The van der Waals surface area contributed by atoms with Crippen LogP contribution in [0.3, 0.4) is 0 Å². The number of aromatic nitrogens is 2. The molecule has 4 heterocycles. The van der Waals surface area contributed by atoms with Crippen LogP contribution in [0.4, 0.5) is 4.79 Å². The minimum atomic E-state index is -0.483. The van der Waals surface area contributed by atoms with E-state index in [1.807, 2.05) is 33.2 Å². The van der Waals surface area contributed by atoms with E-state index in [2.05, 4.69) is 58.2 Å². The molecule has 1 fully saturated rings. The van der Waals surface area contributed by atoms with Crippen molar-refractivity contribution in [2.45, 2.75) is 39.3 Å². The van der Waals surface area contributed by atoms with E-state index in [0.717, 1.165) is 61.3 Å². The summed E-state index contributed by atoms with van der Waals surface area (Å²) < 4.78 is 5.53. The molecule has 0 aliphatic carbocycles. The first-order chi connectivity index (χ1) is 17.2. The summed E-state index contributed by atoms with van der Waals surface area (Å²) in [6, 6.07) is 11.1. The van der Waals surface area contributed by atoms with Gasteiger partial charge < -0.3 is 19.5 Å². The normalized spacial score (nSPS) is 17.9. The maximum Gasteiger partial charge on any atom is 0.410 e. The maximum atomic E-state index is 12.4. The predicted octanol–water partition coefficient (Wildman–Crippen LogP) is 5.00. The number of aromatic amines is 1. The van der Waals surface area contributed by atoms with E-state index in [1.165, 1.54) is 16.7 Å². The Balaban J connectivity index is 1.30. The first-order valence-electron chi connectivity index (χ1n) is 12.9. The van der Waals surface area contributed by atoms with Gasteiger partial charge in [0.05, 0.1) is 0 Å². The monoisotopic (exact) mass is 487 g/mol. The highest BCUT2D eigenvalue weighted by Crippen LogP contribution is 2.32. The van der Waals surface area contributed by atoms with Crippen molar-refractivity contribution < 1.29 is 9.53 Å². The minimum Gasteiger partial charge on any atom is -0.444 e. The van der Waals surface area contributed by atoms with Crippen molar-refractivity contribution >= 4 is 22.7 Å². The number of nitrogens with zero attached hydrogens (tertiary/aromatic N) is 4. The molecule has 0 saturated carbocycles. The van der Waals surface area contributed by atoms with Crippen molar-refractivity contribution in [2.24, 2.45) is 0 Å². The number of rotatable bonds is 4. The summed E-state index contributed by atoms with van der Waals surface area (Å²) in [7, 11) is 2.19. The fourth-order valence-corrected chi connectivity index (χ4v) is 4.90. The molecule has 5 rings (SSSR count). The largest absolute Gasteiger partial charge is 0.444 e. The van der Waals surface area contributed by atoms with Crippen LogP contribution in [0.25, 0.3) is 27.7 Å². The van der Waals surface area contributed by atoms with Crippen LogP contribution in [0.15, 0.2) is 48.8 Å². The lowest BCUT2D eigenvalue weighted by Gasteiger charge is -2.32. The van der Waals surface area contributed by atoms with E-state index in [1.54, 1.807) is 4.90 Å². The Morgan fingerprint density at radius 3 is 2.47 bits per heavy atom. The fourth-order valence-electron chi connectivity index (χ4n) is 4.90. The highest BCUT2D eigenvalue weighted by molar-refractivity contribution is 5.93. The summed E-state index contributed by atoms with van der Waals surface area (Å²) in [6.07, 6.45) is 6.65. The van der Waals surface area contributed by atoms with Crippen LogP contribution in [-0.4, -0.2) is 82.7 Å². The average molecular weight is 488 g/mol. The van der Waals surface area contributed by atoms with Crippen molar-refractivity contribution in [1.29, 1.82) is 0 Å². The molecule has 0 bridgehead atoms. The molecular formula is C29H37N5O2. The number of carbonyl (C=O) groups is 1. The lowest BCUT2D eigenvalue weighted by molar-refractivity contribution is 0.0270. The predicted molar refractivity (Wildman–Crippen MR) is 145 cm³/mol. The van der Waals surface area contributed by atoms with Crippen molar-refractivity contribution in [2.75, 3.05) is 46.3 Å². The lowest BCUT2D eigenvalue weighted by Crippen LogP contribution is -2.43. The Labute approximate surface area is 213 Å². The van der Waals surface area contributed by atoms with Crippen LogP contribution in [0.1, 0.15) is 38.3 Å². The summed E-state index contributed by atoms with van der Waals surface area (Å²) >= 11 is 0. The molecule has 2 aliphatic heterocycles. The summed E-state index contributed by atoms with van der Waals surface area (Å²) in [5.74, 6) is 0. The molecular weight excluding hydrogens is 450 g/mol. The maximum absolute atomic E-state index is 12.4. The Hall–Kier alpha value is -3.16. The van der Waals surface area contributed by atoms with Crippen molar-refractivity contribution in [1.82, 2.24) is 24.7 Å². The van der Waals surface area contributed by atoms with Gasteiger partial charge in [-0.2, -0.15) is 0 Å². The number of benzene rings is 1. The van der Waals surface area contributed by atoms with Gasteiger partial charge in [0.2, 0.25) is 0 Å². The molecule has 190 valence electrons. The summed E-state index contributed by atoms with van der Waals surface area (Å²) in [6.45, 7) is 12.4. The molecule has 36 heavy (non-hydrogen) atoms. The SMILES string of the molecule is CN1CCN(Cc2ccc(-c3cnc4[nH]cc(C5=CCN(C(=O)OC(C)(C)C)CC5)c4c3)cc2)CC1. The number of piperazine rings is 1. The van der Waals surface area contributed by atoms with Gasteiger partial charge in [-0.1, -0.05) is 30.3 Å². The second-order valence-corrected chi connectivity index (χ2v) is 11.0. The minimum absolute atomic E-state index is 0.253. The van der Waals surface area contributed by atoms with E-state index in [9.17, 15) is 4.79 Å². The van der Waals surface area contributed by atoms with E-state index in [4.69, 9.17) is 9.72 Å². The van der Waals surface area contributed by atoms with Gasteiger partial charge in [0.25, 0.3) is 0 Å². The zero-order valence-electron chi connectivity index (χ0n) is 21.9. The van der Waals surface area contributed by atoms with E-state index < -0.39 is 5.60 Å². The number of amides is 1. The van der Waals surface area contributed by atoms with Crippen LogP contribution in [0.5, 0.6) is 0 Å². The molecule has 0 spiro atoms. The third-order valence-corrected chi connectivity index (χ3v) is 7.03. The summed E-state index contributed by atoms with van der Waals surface area (Å²) in [4.78, 5) is 27.1. The van der Waals surface area contributed by atoms with Gasteiger partial charge in [0.1, 0.15) is 11.2 Å². The van der Waals surface area contributed by atoms with Crippen LogP contribution < -0.4 is 0 Å². The van der Waals surface area contributed by atoms with Gasteiger partial charge in [-0.25, -0.2) is 9.78 Å². The highest BCUT2D eigenvalue weighted by atomic mass is 16.6. The zero-order valence-corrected chi connectivity index (χ0v) is 21.9. The molecule has 1 N–H and O–H groups in total. The number of hydrogen-bond donors (Lipinski definition) is 1. The quantitative estimate of drug-likeness (QED) is 0.561. The Morgan fingerprint density at radius 1 is 1.06 bits per heavy atom. The second-order valence-electron chi connectivity index (χ2n) is 11.0. The van der Waals surface area contributed by atoms with Gasteiger partial charge in [-0.15, -0.1) is 0 Å². The average Bonchev–Trinajstić information content (AvgIpc) is 3.28. The number of hydrogen-bond acceptors (Lipinski definition) is 5. The standard InChI is InChI=1S/C29H37N5O2/c1-29(2,3)36-28(35)34-11-9-23(10-12-34)26-19-31-27-25(26)17-24(18-30-27)22-7-5-21(6-8-22)20-33-15-13-32(4)14-16-33/h5-9,17-19H,10-16,20H2,1-4H3,(H,30,31). The fraction of sp³-hybridized carbons (Fsp3) is 0.448. The van der Waals surface area contributed by atoms with Gasteiger partial charge in [-0.3, -0.25) is 4.90 Å². The number of pyridine rings is 1. The Morgan fingerprint density at radius 2 is 1.81 bits per heavy atom. The third kappa shape index (κ3) is 5.63. The van der Waals surface area contributed by atoms with E-state index >= 15 is 0 Å². The van der Waals surface area contributed by atoms with Crippen molar-refractivity contribution in [3.8, 4) is 11.1 Å². The van der Waals surface area contributed by atoms with Gasteiger partial charge in [0, 0.05) is 74.7 Å². The number of ether oxygens (including phenoxy) is 1. The molecule has 1 saturated heterocycles. The first-order valence-corrected chi connectivity index (χ1v) is 12.9. The third-order valence-electron chi connectivity index (χ3n) is 7.03. The topological polar surface area (TPSA) is 64.7 Å².